The van der Waals surface area contributed by atoms with Gasteiger partial charge >= 0.3 is 6.03 Å². The van der Waals surface area contributed by atoms with E-state index in [1.807, 2.05) is 66.7 Å². The fourth-order valence-electron chi connectivity index (χ4n) is 4.31. The number of primary amides is 1. The molecule has 174 valence electrons. The number of hydrogen-bond donors (Lipinski definition) is 4. The van der Waals surface area contributed by atoms with Crippen LogP contribution in [-0.2, 0) is 15.3 Å². The van der Waals surface area contributed by atoms with Gasteiger partial charge in [0.05, 0.1) is 0 Å². The van der Waals surface area contributed by atoms with Gasteiger partial charge < -0.3 is 21.3 Å². The molecule has 1 aliphatic heterocycles. The number of hydrogen-bond acceptors (Lipinski definition) is 4. The largest absolute Gasteiger partial charge is 0.368 e. The highest BCUT2D eigenvalue weighted by Crippen LogP contribution is 2.39. The van der Waals surface area contributed by atoms with Crippen LogP contribution in [0, 0.1) is 0 Å². The van der Waals surface area contributed by atoms with Crippen LogP contribution in [-0.4, -0.2) is 30.4 Å². The Morgan fingerprint density at radius 1 is 1.00 bits per heavy atom. The minimum atomic E-state index is -0.870. The molecule has 2 atom stereocenters. The molecular weight excluding hydrogens is 448 g/mol. The van der Waals surface area contributed by atoms with Gasteiger partial charge in [-0.05, 0) is 41.3 Å². The normalized spacial score (nSPS) is 17.4. The maximum absolute atomic E-state index is 13.6. The van der Waals surface area contributed by atoms with E-state index in [-0.39, 0.29) is 18.4 Å². The zero-order valence-corrected chi connectivity index (χ0v) is 19.4. The molecule has 4 N–H and O–H groups in total. The van der Waals surface area contributed by atoms with Crippen molar-refractivity contribution in [2.75, 3.05) is 16.8 Å². The molecule has 4 amide bonds. The second-order valence-electron chi connectivity index (χ2n) is 8.16. The molecule has 0 aliphatic carbocycles. The summed E-state index contributed by atoms with van der Waals surface area (Å²) in [6.07, 6.45) is 0.333. The van der Waals surface area contributed by atoms with E-state index in [0.717, 1.165) is 16.7 Å². The van der Waals surface area contributed by atoms with E-state index in [9.17, 15) is 14.4 Å². The second-order valence-corrected chi connectivity index (χ2v) is 8.47. The summed E-state index contributed by atoms with van der Waals surface area (Å²) in [5, 5.41) is 5.61. The van der Waals surface area contributed by atoms with Crippen molar-refractivity contribution in [1.29, 1.82) is 0 Å². The van der Waals surface area contributed by atoms with Gasteiger partial charge in [-0.15, -0.1) is 0 Å². The van der Waals surface area contributed by atoms with E-state index in [4.69, 9.17) is 5.73 Å². The molecule has 3 aromatic rings. The number of rotatable bonds is 6. The molecule has 7 nitrogen and oxygen atoms in total. The van der Waals surface area contributed by atoms with Gasteiger partial charge in [-0.2, -0.15) is 12.6 Å². The van der Waals surface area contributed by atoms with E-state index < -0.39 is 18.0 Å². The zero-order chi connectivity index (χ0) is 24.1. The average Bonchev–Trinajstić information content (AvgIpc) is 2.95. The maximum Gasteiger partial charge on any atom is 0.319 e. The van der Waals surface area contributed by atoms with E-state index in [1.165, 1.54) is 4.90 Å². The van der Waals surface area contributed by atoms with Crippen LogP contribution < -0.4 is 21.3 Å². The van der Waals surface area contributed by atoms with Crippen LogP contribution in [0.2, 0.25) is 0 Å². The third kappa shape index (κ3) is 5.23. The molecule has 0 saturated heterocycles. The Bertz CT molecular complexity index is 1200. The summed E-state index contributed by atoms with van der Waals surface area (Å²) in [7, 11) is 0. The topological polar surface area (TPSA) is 105 Å². The summed E-state index contributed by atoms with van der Waals surface area (Å²) in [5.74, 6) is -0.647. The fraction of sp³-hybridized carbons (Fsp3) is 0.192. The van der Waals surface area contributed by atoms with Crippen molar-refractivity contribution in [1.82, 2.24) is 5.32 Å². The van der Waals surface area contributed by atoms with Crippen molar-refractivity contribution >= 4 is 41.8 Å². The number of para-hydroxylation sites is 1. The van der Waals surface area contributed by atoms with Crippen molar-refractivity contribution in [2.24, 2.45) is 5.73 Å². The van der Waals surface area contributed by atoms with Crippen molar-refractivity contribution in [2.45, 2.75) is 24.1 Å². The second kappa shape index (κ2) is 10.4. The summed E-state index contributed by atoms with van der Waals surface area (Å²) in [5.41, 5.74) is 9.56. The molecule has 4 rings (SSSR count). The number of urea groups is 1. The molecule has 0 bridgehead atoms. The van der Waals surface area contributed by atoms with E-state index in [0.29, 0.717) is 23.5 Å². The summed E-state index contributed by atoms with van der Waals surface area (Å²) < 4.78 is 0. The summed E-state index contributed by atoms with van der Waals surface area (Å²) >= 11 is 4.27. The molecule has 2 unspecified atom stereocenters. The Balaban J connectivity index is 1.67. The highest BCUT2D eigenvalue weighted by atomic mass is 32.1. The molecule has 34 heavy (non-hydrogen) atoms. The van der Waals surface area contributed by atoms with Gasteiger partial charge in [-0.3, -0.25) is 9.59 Å². The quantitative estimate of drug-likeness (QED) is 0.410. The average molecular weight is 475 g/mol. The van der Waals surface area contributed by atoms with Gasteiger partial charge in [0.2, 0.25) is 11.8 Å². The molecule has 1 aliphatic rings. The number of anilines is 2. The number of nitrogens with zero attached hydrogens (tertiary/aromatic N) is 1. The Hall–Kier alpha value is -3.78. The minimum absolute atomic E-state index is 0.169. The lowest BCUT2D eigenvalue weighted by Crippen LogP contribution is -2.51. The molecule has 0 radical (unpaired) electrons. The van der Waals surface area contributed by atoms with Crippen LogP contribution in [0.25, 0.3) is 0 Å². The number of thiol groups is 1. The van der Waals surface area contributed by atoms with Crippen LogP contribution in [0.5, 0.6) is 0 Å². The third-order valence-electron chi connectivity index (χ3n) is 5.83. The predicted molar refractivity (Wildman–Crippen MR) is 136 cm³/mol. The first kappa shape index (κ1) is 23.4. The van der Waals surface area contributed by atoms with Gasteiger partial charge in [0, 0.05) is 23.0 Å². The summed E-state index contributed by atoms with van der Waals surface area (Å²) in [6.45, 7) is -0.277. The monoisotopic (exact) mass is 474 g/mol. The van der Waals surface area contributed by atoms with Crippen molar-refractivity contribution in [3.8, 4) is 0 Å². The Morgan fingerprint density at radius 3 is 2.47 bits per heavy atom. The first-order valence-electron chi connectivity index (χ1n) is 11.0. The smallest absolute Gasteiger partial charge is 0.319 e. The first-order chi connectivity index (χ1) is 16.5. The molecule has 0 fully saturated rings. The Labute approximate surface area is 203 Å². The molecule has 3 aromatic carbocycles. The number of carbonyl (C=O) groups is 3. The van der Waals surface area contributed by atoms with Gasteiger partial charge in [0.15, 0.2) is 0 Å². The van der Waals surface area contributed by atoms with Crippen molar-refractivity contribution in [3.05, 3.63) is 95.6 Å². The molecule has 1 heterocycles. The Kier molecular flexibility index (Phi) is 7.18. The number of fused-ring (bicyclic) bond motifs is 1. The number of amides is 4. The SMILES string of the molecule is NC(=O)CN1C(=O)C(NC(=O)Nc2cccc(CS)c2)CC(c2ccccc2)c2ccccc21. The van der Waals surface area contributed by atoms with Crippen LogP contribution >= 0.6 is 12.6 Å². The van der Waals surface area contributed by atoms with Crippen molar-refractivity contribution < 1.29 is 14.4 Å². The van der Waals surface area contributed by atoms with E-state index in [2.05, 4.69) is 23.3 Å². The highest BCUT2D eigenvalue weighted by molar-refractivity contribution is 7.79. The molecule has 8 heteroatoms. The van der Waals surface area contributed by atoms with Crippen molar-refractivity contribution in [3.63, 3.8) is 0 Å². The lowest BCUT2D eigenvalue weighted by Gasteiger charge is -2.25. The van der Waals surface area contributed by atoms with E-state index >= 15 is 0 Å². The van der Waals surface area contributed by atoms with Gasteiger partial charge in [-0.25, -0.2) is 4.79 Å². The van der Waals surface area contributed by atoms with Crippen LogP contribution in [0.3, 0.4) is 0 Å². The molecule has 0 saturated carbocycles. The predicted octanol–water partition coefficient (Wildman–Crippen LogP) is 3.66. The van der Waals surface area contributed by atoms with Gasteiger partial charge in [-0.1, -0.05) is 60.7 Å². The number of carbonyl (C=O) groups excluding carboxylic acids is 3. The number of benzene rings is 3. The van der Waals surface area contributed by atoms with Crippen LogP contribution in [0.1, 0.15) is 29.0 Å². The minimum Gasteiger partial charge on any atom is -0.368 e. The summed E-state index contributed by atoms with van der Waals surface area (Å²) in [4.78, 5) is 39.7. The lowest BCUT2D eigenvalue weighted by atomic mass is 9.86. The van der Waals surface area contributed by atoms with Gasteiger partial charge in [0.1, 0.15) is 12.6 Å². The lowest BCUT2D eigenvalue weighted by molar-refractivity contribution is -0.123. The highest BCUT2D eigenvalue weighted by Gasteiger charge is 2.37. The van der Waals surface area contributed by atoms with Crippen LogP contribution in [0.4, 0.5) is 16.2 Å². The summed E-state index contributed by atoms with van der Waals surface area (Å²) in [6, 6.07) is 23.2. The standard InChI is InChI=1S/C26H26N4O3S/c27-24(31)15-30-23-12-5-4-11-20(23)21(18-8-2-1-3-9-18)14-22(25(30)32)29-26(33)28-19-10-6-7-17(13-19)16-34/h1-13,21-22,34H,14-16H2,(H2,27,31)(H2,28,29,33). The first-order valence-corrected chi connectivity index (χ1v) is 11.6. The van der Waals surface area contributed by atoms with E-state index in [1.54, 1.807) is 12.1 Å². The van der Waals surface area contributed by atoms with Gasteiger partial charge in [0.25, 0.3) is 0 Å². The maximum atomic E-state index is 13.6. The number of nitrogens with one attached hydrogen (secondary N) is 2. The fourth-order valence-corrected chi connectivity index (χ4v) is 4.51. The third-order valence-corrected chi connectivity index (χ3v) is 6.19. The molecular formula is C26H26N4O3S. The Morgan fingerprint density at radius 2 is 1.74 bits per heavy atom. The zero-order valence-electron chi connectivity index (χ0n) is 18.5. The van der Waals surface area contributed by atoms with Crippen LogP contribution in [0.15, 0.2) is 78.9 Å². The molecule has 0 aromatic heterocycles. The number of nitrogens with two attached hydrogens (primary N) is 1. The molecule has 0 spiro atoms.